The predicted octanol–water partition coefficient (Wildman–Crippen LogP) is 4.13. The highest BCUT2D eigenvalue weighted by atomic mass is 16.6. The molecule has 33 heavy (non-hydrogen) atoms. The number of carbonyl (C=O) groups is 1. The Morgan fingerprint density at radius 1 is 1.09 bits per heavy atom. The molecule has 1 N–H and O–H groups in total. The van der Waals surface area contributed by atoms with E-state index in [1.807, 2.05) is 46.9 Å². The minimum atomic E-state index is -0.423. The van der Waals surface area contributed by atoms with E-state index >= 15 is 0 Å². The first kappa shape index (κ1) is 20.6. The van der Waals surface area contributed by atoms with Gasteiger partial charge < -0.3 is 9.47 Å². The van der Waals surface area contributed by atoms with E-state index in [0.717, 1.165) is 40.9 Å². The summed E-state index contributed by atoms with van der Waals surface area (Å²) in [6, 6.07) is 14.0. The molecule has 0 saturated carbocycles. The summed E-state index contributed by atoms with van der Waals surface area (Å²) >= 11 is 0. The van der Waals surface area contributed by atoms with Crippen LogP contribution in [0.25, 0.3) is 11.3 Å². The number of carbonyl (C=O) groups excluding carboxylic acids is 1. The number of non-ortho nitro benzene ring substituents is 1. The van der Waals surface area contributed by atoms with Gasteiger partial charge in [-0.25, -0.2) is 4.98 Å². The van der Waals surface area contributed by atoms with Crippen LogP contribution in [0.15, 0.2) is 67.3 Å². The molecule has 1 unspecified atom stereocenters. The Kier molecular flexibility index (Phi) is 5.21. The highest BCUT2D eigenvalue weighted by molar-refractivity contribution is 6.00. The summed E-state index contributed by atoms with van der Waals surface area (Å²) < 4.78 is 1.97. The fraction of sp³-hybridized carbons (Fsp3) is 0.208. The minimum absolute atomic E-state index is 0.0147. The van der Waals surface area contributed by atoms with Crippen LogP contribution < -0.4 is 0 Å². The number of hydrogen-bond donors (Lipinski definition) is 1. The largest absolute Gasteiger partial charge is 0.337 e. The van der Waals surface area contributed by atoms with Crippen molar-refractivity contribution in [3.8, 4) is 11.3 Å². The molecular weight excluding hydrogens is 420 g/mol. The van der Waals surface area contributed by atoms with Crippen LogP contribution >= 0.6 is 0 Å². The van der Waals surface area contributed by atoms with E-state index in [1.165, 1.54) is 12.1 Å². The van der Waals surface area contributed by atoms with Gasteiger partial charge in [-0.2, -0.15) is 5.10 Å². The molecule has 166 valence electrons. The van der Waals surface area contributed by atoms with Crippen LogP contribution in [0.2, 0.25) is 0 Å². The van der Waals surface area contributed by atoms with Gasteiger partial charge in [-0.1, -0.05) is 29.8 Å². The summed E-state index contributed by atoms with van der Waals surface area (Å²) in [6.07, 6.45) is 6.11. The van der Waals surface area contributed by atoms with Gasteiger partial charge in [-0.15, -0.1) is 0 Å². The summed E-state index contributed by atoms with van der Waals surface area (Å²) in [6.45, 7) is 3.27. The van der Waals surface area contributed by atoms with Crippen LogP contribution in [0.1, 0.15) is 39.6 Å². The summed E-state index contributed by atoms with van der Waals surface area (Å²) in [4.78, 5) is 30.0. The van der Waals surface area contributed by atoms with Crippen molar-refractivity contribution in [2.75, 3.05) is 6.54 Å². The maximum atomic E-state index is 13.4. The summed E-state index contributed by atoms with van der Waals surface area (Å²) in [5.41, 5.74) is 4.87. The molecule has 5 rings (SSSR count). The van der Waals surface area contributed by atoms with Gasteiger partial charge in [0.1, 0.15) is 5.69 Å². The molecule has 1 atom stereocenters. The molecule has 3 heterocycles. The zero-order valence-corrected chi connectivity index (χ0v) is 18.0. The Balaban J connectivity index is 1.53. The van der Waals surface area contributed by atoms with Crippen molar-refractivity contribution in [3.63, 3.8) is 0 Å². The van der Waals surface area contributed by atoms with Gasteiger partial charge in [-0.05, 0) is 31.0 Å². The highest BCUT2D eigenvalue weighted by Gasteiger charge is 2.41. The van der Waals surface area contributed by atoms with Crippen LogP contribution in [0, 0.1) is 17.0 Å². The van der Waals surface area contributed by atoms with E-state index in [2.05, 4.69) is 15.2 Å². The van der Waals surface area contributed by atoms with Gasteiger partial charge >= 0.3 is 0 Å². The number of aromatic nitrogens is 4. The molecule has 0 saturated heterocycles. The first-order valence-corrected chi connectivity index (χ1v) is 10.7. The fourth-order valence-corrected chi connectivity index (χ4v) is 4.33. The molecule has 4 aromatic rings. The Labute approximate surface area is 189 Å². The molecule has 1 aliphatic heterocycles. The van der Waals surface area contributed by atoms with Gasteiger partial charge in [0, 0.05) is 48.7 Å². The van der Waals surface area contributed by atoms with E-state index < -0.39 is 4.92 Å². The second kappa shape index (κ2) is 8.34. The average Bonchev–Trinajstić information content (AvgIpc) is 3.54. The van der Waals surface area contributed by atoms with Crippen LogP contribution in [0.4, 0.5) is 5.69 Å². The third-order valence-electron chi connectivity index (χ3n) is 5.98. The normalized spacial score (nSPS) is 15.1. The molecule has 0 fully saturated rings. The number of rotatable bonds is 7. The zero-order chi connectivity index (χ0) is 22.9. The van der Waals surface area contributed by atoms with E-state index in [1.54, 1.807) is 24.7 Å². The maximum Gasteiger partial charge on any atom is 0.273 e. The minimum Gasteiger partial charge on any atom is -0.337 e. The molecule has 2 aromatic carbocycles. The van der Waals surface area contributed by atoms with Crippen molar-refractivity contribution in [3.05, 3.63) is 99.8 Å². The second-order valence-corrected chi connectivity index (χ2v) is 8.13. The number of nitrogens with one attached hydrogen (secondary N) is 1. The quantitative estimate of drug-likeness (QED) is 0.342. The number of aryl methyl sites for hydroxylation is 2. The fourth-order valence-electron chi connectivity index (χ4n) is 4.33. The number of nitro groups is 1. The van der Waals surface area contributed by atoms with Gasteiger partial charge in [0.25, 0.3) is 11.6 Å². The number of H-pyrrole nitrogens is 1. The van der Waals surface area contributed by atoms with Crippen LogP contribution in [0.5, 0.6) is 0 Å². The third-order valence-corrected chi connectivity index (χ3v) is 5.98. The Bertz CT molecular complexity index is 1290. The van der Waals surface area contributed by atoms with E-state index in [4.69, 9.17) is 0 Å². The topological polar surface area (TPSA) is 110 Å². The van der Waals surface area contributed by atoms with Gasteiger partial charge in [0.05, 0.1) is 23.0 Å². The Morgan fingerprint density at radius 2 is 1.85 bits per heavy atom. The van der Waals surface area contributed by atoms with E-state index in [0.29, 0.717) is 12.2 Å². The zero-order valence-electron chi connectivity index (χ0n) is 18.0. The molecule has 2 aromatic heterocycles. The SMILES string of the molecule is Cc1ccc(-c2n[nH]c3c2C(c2ccc([N+](=O)[O-])cc2)N(CCCn2ccnc2)C3=O)cc1. The van der Waals surface area contributed by atoms with Gasteiger partial charge in [0.2, 0.25) is 0 Å². The standard InChI is InChI=1S/C24H22N6O3/c1-16-3-5-17(6-4-16)21-20-22(27-26-21)24(31)29(13-2-12-28-14-11-25-15-28)23(20)18-7-9-19(10-8-18)30(32)33/h3-11,14-15,23H,2,12-13H2,1H3,(H,26,27). The van der Waals surface area contributed by atoms with Crippen molar-refractivity contribution in [1.29, 1.82) is 0 Å². The molecule has 1 amide bonds. The molecule has 0 aliphatic carbocycles. The second-order valence-electron chi connectivity index (χ2n) is 8.13. The first-order valence-electron chi connectivity index (χ1n) is 10.7. The van der Waals surface area contributed by atoms with Crippen molar-refractivity contribution >= 4 is 11.6 Å². The van der Waals surface area contributed by atoms with Crippen molar-refractivity contribution in [2.45, 2.75) is 25.9 Å². The molecular formula is C24H22N6O3. The van der Waals surface area contributed by atoms with E-state index in [9.17, 15) is 14.9 Å². The molecule has 9 heteroatoms. The lowest BCUT2D eigenvalue weighted by molar-refractivity contribution is -0.384. The van der Waals surface area contributed by atoms with Crippen molar-refractivity contribution in [1.82, 2.24) is 24.6 Å². The number of amides is 1. The van der Waals surface area contributed by atoms with Gasteiger partial charge in [0.15, 0.2) is 0 Å². The molecule has 0 bridgehead atoms. The number of aromatic amines is 1. The lowest BCUT2D eigenvalue weighted by atomic mass is 9.95. The van der Waals surface area contributed by atoms with Crippen molar-refractivity contribution < 1.29 is 9.72 Å². The maximum absolute atomic E-state index is 13.4. The summed E-state index contributed by atoms with van der Waals surface area (Å²) in [5, 5.41) is 18.6. The van der Waals surface area contributed by atoms with Crippen molar-refractivity contribution in [2.24, 2.45) is 0 Å². The molecule has 9 nitrogen and oxygen atoms in total. The predicted molar refractivity (Wildman–Crippen MR) is 122 cm³/mol. The van der Waals surface area contributed by atoms with Crippen LogP contribution in [-0.2, 0) is 6.54 Å². The number of nitro benzene ring substituents is 1. The number of nitrogens with zero attached hydrogens (tertiary/aromatic N) is 5. The summed E-state index contributed by atoms with van der Waals surface area (Å²) in [5.74, 6) is -0.121. The summed E-state index contributed by atoms with van der Waals surface area (Å²) in [7, 11) is 0. The lowest BCUT2D eigenvalue weighted by Gasteiger charge is -2.26. The lowest BCUT2D eigenvalue weighted by Crippen LogP contribution is -2.31. The monoisotopic (exact) mass is 442 g/mol. The van der Waals surface area contributed by atoms with Gasteiger partial charge in [-0.3, -0.25) is 20.0 Å². The smallest absolute Gasteiger partial charge is 0.273 e. The first-order chi connectivity index (χ1) is 16.0. The third kappa shape index (κ3) is 3.78. The van der Waals surface area contributed by atoms with Crippen LogP contribution in [-0.4, -0.2) is 42.0 Å². The molecule has 0 spiro atoms. The number of imidazole rings is 1. The Hall–Kier alpha value is -4.27. The Morgan fingerprint density at radius 3 is 2.52 bits per heavy atom. The number of hydrogen-bond acceptors (Lipinski definition) is 5. The molecule has 1 aliphatic rings. The average molecular weight is 442 g/mol. The highest BCUT2D eigenvalue weighted by Crippen LogP contribution is 2.43. The van der Waals surface area contributed by atoms with Crippen LogP contribution in [0.3, 0.4) is 0 Å². The molecule has 0 radical (unpaired) electrons. The number of benzene rings is 2. The van der Waals surface area contributed by atoms with E-state index in [-0.39, 0.29) is 17.6 Å². The number of fused-ring (bicyclic) bond motifs is 1.